The third-order valence-electron chi connectivity index (χ3n) is 4.77. The summed E-state index contributed by atoms with van der Waals surface area (Å²) in [4.78, 5) is 28.9. The SMILES string of the molecule is Cc1cc2[nH]c(=O)c(=O)[nH]c2cc1SNc1ccc(-c2cccc(C(F)(F)F)c2)c(Cl)c1. The Morgan fingerprint density at radius 3 is 2.28 bits per heavy atom. The van der Waals surface area contributed by atoms with Crippen LogP contribution in [0.4, 0.5) is 18.9 Å². The van der Waals surface area contributed by atoms with Crippen molar-refractivity contribution in [1.82, 2.24) is 9.97 Å². The number of rotatable bonds is 4. The molecule has 0 saturated heterocycles. The number of aryl methyl sites for hydroxylation is 1. The van der Waals surface area contributed by atoms with Crippen LogP contribution in [0.25, 0.3) is 22.2 Å². The van der Waals surface area contributed by atoms with Gasteiger partial charge in [-0.1, -0.05) is 29.8 Å². The Bertz CT molecular complexity index is 1450. The molecule has 0 spiro atoms. The molecule has 0 fully saturated rings. The fourth-order valence-electron chi connectivity index (χ4n) is 3.15. The Balaban J connectivity index is 1.57. The van der Waals surface area contributed by atoms with Gasteiger partial charge < -0.3 is 14.7 Å². The van der Waals surface area contributed by atoms with Crippen molar-refractivity contribution in [3.05, 3.63) is 91.5 Å². The van der Waals surface area contributed by atoms with Crippen molar-refractivity contribution < 1.29 is 13.2 Å². The number of nitrogens with one attached hydrogen (secondary N) is 3. The van der Waals surface area contributed by atoms with E-state index in [-0.39, 0.29) is 0 Å². The predicted molar refractivity (Wildman–Crippen MR) is 121 cm³/mol. The molecule has 0 radical (unpaired) electrons. The van der Waals surface area contributed by atoms with Gasteiger partial charge in [-0.3, -0.25) is 9.59 Å². The molecule has 3 N–H and O–H groups in total. The number of H-pyrrole nitrogens is 2. The third-order valence-corrected chi connectivity index (χ3v) is 6.08. The van der Waals surface area contributed by atoms with E-state index in [1.165, 1.54) is 18.0 Å². The monoisotopic (exact) mass is 477 g/mol. The molecule has 0 saturated carbocycles. The van der Waals surface area contributed by atoms with Crippen LogP contribution in [-0.2, 0) is 6.18 Å². The van der Waals surface area contributed by atoms with Gasteiger partial charge >= 0.3 is 17.3 Å². The van der Waals surface area contributed by atoms with Gasteiger partial charge in [-0.15, -0.1) is 0 Å². The highest BCUT2D eigenvalue weighted by atomic mass is 35.5. The van der Waals surface area contributed by atoms with Crippen molar-refractivity contribution in [2.24, 2.45) is 0 Å². The zero-order chi connectivity index (χ0) is 23.0. The molecule has 0 bridgehead atoms. The summed E-state index contributed by atoms with van der Waals surface area (Å²) in [6.45, 7) is 1.86. The number of hydrogen-bond acceptors (Lipinski definition) is 4. The summed E-state index contributed by atoms with van der Waals surface area (Å²) in [5.74, 6) is 0. The van der Waals surface area contributed by atoms with Gasteiger partial charge in [0.1, 0.15) is 0 Å². The van der Waals surface area contributed by atoms with Crippen LogP contribution in [-0.4, -0.2) is 9.97 Å². The Morgan fingerprint density at radius 2 is 1.62 bits per heavy atom. The first-order chi connectivity index (χ1) is 15.1. The molecule has 4 aromatic rings. The summed E-state index contributed by atoms with van der Waals surface area (Å²) >= 11 is 7.62. The highest BCUT2D eigenvalue weighted by molar-refractivity contribution is 8.00. The normalized spacial score (nSPS) is 11.7. The van der Waals surface area contributed by atoms with E-state index in [0.29, 0.717) is 32.9 Å². The average Bonchev–Trinajstić information content (AvgIpc) is 2.73. The van der Waals surface area contributed by atoms with E-state index in [1.807, 2.05) is 6.92 Å². The molecule has 0 aliphatic rings. The first-order valence-corrected chi connectivity index (χ1v) is 10.5. The molecule has 0 atom stereocenters. The minimum atomic E-state index is -4.43. The fraction of sp³-hybridized carbons (Fsp3) is 0.0909. The molecule has 0 aliphatic carbocycles. The van der Waals surface area contributed by atoms with Crippen molar-refractivity contribution in [3.63, 3.8) is 0 Å². The second kappa shape index (κ2) is 8.40. The van der Waals surface area contributed by atoms with Crippen molar-refractivity contribution in [2.75, 3.05) is 4.72 Å². The van der Waals surface area contributed by atoms with Crippen LogP contribution in [0.3, 0.4) is 0 Å². The summed E-state index contributed by atoms with van der Waals surface area (Å²) in [5.41, 5.74) is 1.18. The number of fused-ring (bicyclic) bond motifs is 1. The lowest BCUT2D eigenvalue weighted by atomic mass is 10.0. The van der Waals surface area contributed by atoms with Gasteiger partial charge in [0, 0.05) is 16.1 Å². The standard InChI is InChI=1S/C22H15ClF3N3O2S/c1-11-7-17-18(28-21(31)20(30)27-17)10-19(11)32-29-14-5-6-15(16(23)9-14)12-3-2-4-13(8-12)22(24,25)26/h2-10,29H,1H3,(H,27,30)(H,28,31). The topological polar surface area (TPSA) is 77.8 Å². The maximum atomic E-state index is 13.0. The molecule has 164 valence electrons. The number of anilines is 1. The second-order valence-electron chi connectivity index (χ2n) is 7.05. The van der Waals surface area contributed by atoms with Crippen LogP contribution >= 0.6 is 23.5 Å². The lowest BCUT2D eigenvalue weighted by Crippen LogP contribution is -2.28. The van der Waals surface area contributed by atoms with Gasteiger partial charge in [0.2, 0.25) is 0 Å². The number of hydrogen-bond donors (Lipinski definition) is 3. The maximum absolute atomic E-state index is 13.0. The summed E-state index contributed by atoms with van der Waals surface area (Å²) < 4.78 is 42.1. The first-order valence-electron chi connectivity index (χ1n) is 9.29. The summed E-state index contributed by atoms with van der Waals surface area (Å²) in [6.07, 6.45) is -4.43. The average molecular weight is 478 g/mol. The van der Waals surface area contributed by atoms with Gasteiger partial charge in [-0.2, -0.15) is 13.2 Å². The summed E-state index contributed by atoms with van der Waals surface area (Å²) in [7, 11) is 0. The molecule has 1 heterocycles. The number of benzene rings is 3. The molecule has 0 unspecified atom stereocenters. The molecule has 4 rings (SSSR count). The van der Waals surface area contributed by atoms with Crippen molar-refractivity contribution in [2.45, 2.75) is 18.0 Å². The van der Waals surface area contributed by atoms with Crippen LogP contribution < -0.4 is 15.8 Å². The smallest absolute Gasteiger partial charge is 0.326 e. The van der Waals surface area contributed by atoms with Gasteiger partial charge in [0.05, 0.1) is 21.6 Å². The quantitative estimate of drug-likeness (QED) is 0.249. The Hall–Kier alpha value is -3.17. The van der Waals surface area contributed by atoms with Crippen LogP contribution in [0.15, 0.2) is 69.1 Å². The third kappa shape index (κ3) is 4.53. The van der Waals surface area contributed by atoms with Crippen molar-refractivity contribution in [1.29, 1.82) is 0 Å². The van der Waals surface area contributed by atoms with Crippen molar-refractivity contribution >= 4 is 40.3 Å². The van der Waals surface area contributed by atoms with Crippen molar-refractivity contribution in [3.8, 4) is 11.1 Å². The van der Waals surface area contributed by atoms with E-state index in [0.717, 1.165) is 22.6 Å². The molecule has 1 aromatic heterocycles. The predicted octanol–water partition coefficient (Wildman–Crippen LogP) is 5.98. The first kappa shape index (κ1) is 22.0. The van der Waals surface area contributed by atoms with Gasteiger partial charge in [0.25, 0.3) is 0 Å². The van der Waals surface area contributed by atoms with Crippen LogP contribution in [0.5, 0.6) is 0 Å². The number of aromatic nitrogens is 2. The highest BCUT2D eigenvalue weighted by Crippen LogP contribution is 2.36. The van der Waals surface area contributed by atoms with E-state index in [4.69, 9.17) is 11.6 Å². The van der Waals surface area contributed by atoms with Gasteiger partial charge in [-0.05, 0) is 66.4 Å². The van der Waals surface area contributed by atoms with Gasteiger partial charge in [-0.25, -0.2) is 0 Å². The zero-order valence-corrected chi connectivity index (χ0v) is 18.0. The van der Waals surface area contributed by atoms with Crippen LogP contribution in [0.2, 0.25) is 5.02 Å². The Labute approximate surface area is 188 Å². The molecule has 3 aromatic carbocycles. The minimum Gasteiger partial charge on any atom is -0.326 e. The molecule has 0 amide bonds. The minimum absolute atomic E-state index is 0.298. The van der Waals surface area contributed by atoms with Crippen LogP contribution in [0.1, 0.15) is 11.1 Å². The molecule has 32 heavy (non-hydrogen) atoms. The van der Waals surface area contributed by atoms with E-state index in [1.54, 1.807) is 36.4 Å². The summed E-state index contributed by atoms with van der Waals surface area (Å²) in [6, 6.07) is 13.5. The Morgan fingerprint density at radius 1 is 0.938 bits per heavy atom. The molecule has 5 nitrogen and oxygen atoms in total. The van der Waals surface area contributed by atoms with E-state index < -0.39 is 22.9 Å². The maximum Gasteiger partial charge on any atom is 0.416 e. The molecule has 0 aliphatic heterocycles. The molecular weight excluding hydrogens is 463 g/mol. The number of aromatic amines is 2. The van der Waals surface area contributed by atoms with E-state index >= 15 is 0 Å². The number of halogens is 4. The lowest BCUT2D eigenvalue weighted by molar-refractivity contribution is -0.137. The Kier molecular flexibility index (Phi) is 5.79. The van der Waals surface area contributed by atoms with Crippen LogP contribution in [0, 0.1) is 6.92 Å². The summed E-state index contributed by atoms with van der Waals surface area (Å²) in [5, 5.41) is 0.298. The van der Waals surface area contributed by atoms with E-state index in [9.17, 15) is 22.8 Å². The van der Waals surface area contributed by atoms with E-state index in [2.05, 4.69) is 14.7 Å². The molecular formula is C22H15ClF3N3O2S. The number of alkyl halides is 3. The second-order valence-corrected chi connectivity index (χ2v) is 8.30. The molecule has 10 heteroatoms. The van der Waals surface area contributed by atoms with Gasteiger partial charge in [0.15, 0.2) is 0 Å². The fourth-order valence-corrected chi connectivity index (χ4v) is 4.19. The zero-order valence-electron chi connectivity index (χ0n) is 16.4. The highest BCUT2D eigenvalue weighted by Gasteiger charge is 2.30. The largest absolute Gasteiger partial charge is 0.416 e. The lowest BCUT2D eigenvalue weighted by Gasteiger charge is -2.12.